The zero-order valence-corrected chi connectivity index (χ0v) is 30.8. The molecule has 0 aliphatic rings. The van der Waals surface area contributed by atoms with Crippen LogP contribution in [0, 0.1) is 0 Å². The highest BCUT2D eigenvalue weighted by Crippen LogP contribution is 2.36. The van der Waals surface area contributed by atoms with E-state index in [-0.39, 0.29) is 0 Å². The highest BCUT2D eigenvalue weighted by Gasteiger charge is 2.13. The lowest BCUT2D eigenvalue weighted by Crippen LogP contribution is -1.92. The Hall–Kier alpha value is -7.35. The number of hydrogen-bond donors (Lipinski definition) is 0. The summed E-state index contributed by atoms with van der Waals surface area (Å²) in [5.74, 6) is 0. The largest absolute Gasteiger partial charge is 0.247 e. The first kappa shape index (κ1) is 33.2. The van der Waals surface area contributed by atoms with Crippen molar-refractivity contribution in [2.75, 3.05) is 0 Å². The van der Waals surface area contributed by atoms with Gasteiger partial charge in [0, 0.05) is 16.5 Å². The number of rotatable bonds is 7. The van der Waals surface area contributed by atoms with E-state index < -0.39 is 0 Å². The van der Waals surface area contributed by atoms with E-state index in [2.05, 4.69) is 224 Å². The summed E-state index contributed by atoms with van der Waals surface area (Å²) in [4.78, 5) is 5.36. The number of fused-ring (bicyclic) bond motifs is 2. The molecule has 0 fully saturated rings. The van der Waals surface area contributed by atoms with Crippen molar-refractivity contribution >= 4 is 21.5 Å². The van der Waals surface area contributed by atoms with Crippen LogP contribution in [0.25, 0.3) is 99.7 Å². The number of aromatic nitrogens is 1. The maximum atomic E-state index is 5.36. The van der Waals surface area contributed by atoms with E-state index >= 15 is 0 Å². The van der Waals surface area contributed by atoms with Crippen LogP contribution in [-0.4, -0.2) is 4.98 Å². The maximum absolute atomic E-state index is 5.36. The van der Waals surface area contributed by atoms with Crippen molar-refractivity contribution in [1.29, 1.82) is 0 Å². The van der Waals surface area contributed by atoms with E-state index in [9.17, 15) is 0 Å². The predicted molar refractivity (Wildman–Crippen MR) is 237 cm³/mol. The lowest BCUT2D eigenvalue weighted by atomic mass is 9.94. The van der Waals surface area contributed by atoms with Crippen LogP contribution in [0.5, 0.6) is 0 Å². The van der Waals surface area contributed by atoms with Crippen molar-refractivity contribution in [2.45, 2.75) is 0 Å². The van der Waals surface area contributed by atoms with Gasteiger partial charge in [-0.3, -0.25) is 0 Å². The monoisotopic (exact) mass is 711 g/mol. The molecule has 10 aromatic rings. The minimum atomic E-state index is 0.959. The molecule has 0 saturated heterocycles. The third-order valence-electron chi connectivity index (χ3n) is 10.9. The summed E-state index contributed by atoms with van der Waals surface area (Å²) in [5.41, 5.74) is 16.1. The first-order valence-corrected chi connectivity index (χ1v) is 19.2. The van der Waals surface area contributed by atoms with Gasteiger partial charge in [0.1, 0.15) is 0 Å². The molecule has 0 bridgehead atoms. The lowest BCUT2D eigenvalue weighted by Gasteiger charge is -2.13. The fourth-order valence-corrected chi connectivity index (χ4v) is 7.98. The van der Waals surface area contributed by atoms with Crippen molar-refractivity contribution in [3.8, 4) is 78.1 Å². The number of benzene rings is 9. The van der Waals surface area contributed by atoms with Crippen LogP contribution in [0.3, 0.4) is 0 Å². The predicted octanol–water partition coefficient (Wildman–Crippen LogP) is 15.1. The Kier molecular flexibility index (Phi) is 8.59. The van der Waals surface area contributed by atoms with Crippen LogP contribution in [0.1, 0.15) is 0 Å². The Balaban J connectivity index is 0.977. The van der Waals surface area contributed by atoms with E-state index in [4.69, 9.17) is 4.98 Å². The second kappa shape index (κ2) is 14.5. The molecule has 0 N–H and O–H groups in total. The molecular weight excluding hydrogens is 675 g/mol. The molecule has 0 amide bonds. The summed E-state index contributed by atoms with van der Waals surface area (Å²) < 4.78 is 0. The molecule has 1 nitrogen and oxygen atoms in total. The topological polar surface area (TPSA) is 12.9 Å². The molecule has 0 aliphatic heterocycles. The highest BCUT2D eigenvalue weighted by atomic mass is 14.7. The highest BCUT2D eigenvalue weighted by molar-refractivity contribution is 5.99. The molecule has 262 valence electrons. The Morgan fingerprint density at radius 1 is 0.232 bits per heavy atom. The van der Waals surface area contributed by atoms with Gasteiger partial charge in [0.05, 0.1) is 11.4 Å². The molecule has 1 aromatic heterocycles. The number of nitrogens with zero attached hydrogens (tertiary/aromatic N) is 1. The van der Waals surface area contributed by atoms with E-state index in [1.807, 2.05) is 0 Å². The van der Waals surface area contributed by atoms with Gasteiger partial charge in [-0.2, -0.15) is 0 Å². The van der Waals surface area contributed by atoms with Crippen LogP contribution in [-0.2, 0) is 0 Å². The maximum Gasteiger partial charge on any atom is 0.0787 e. The van der Waals surface area contributed by atoms with E-state index in [0.717, 1.165) is 33.5 Å². The summed E-state index contributed by atoms with van der Waals surface area (Å²) in [6, 6.07) is 80.7. The average Bonchev–Trinajstić information content (AvgIpc) is 3.29. The van der Waals surface area contributed by atoms with Crippen molar-refractivity contribution < 1.29 is 0 Å². The molecule has 0 radical (unpaired) electrons. The third-order valence-corrected chi connectivity index (χ3v) is 10.9. The minimum absolute atomic E-state index is 0.959. The molecule has 0 saturated carbocycles. The van der Waals surface area contributed by atoms with Gasteiger partial charge >= 0.3 is 0 Å². The van der Waals surface area contributed by atoms with Crippen LogP contribution in [0.4, 0.5) is 0 Å². The molecule has 0 atom stereocenters. The SMILES string of the molecule is c1ccc(-c2cccc(-c3cccc(-c4cccc(-c5cccc(-c6cc7ccccc7c(-c7ccc(-c8cccc9ccccc89)cc7)n6)c5)c4)c3)c2)cc1. The Labute approximate surface area is 327 Å². The Morgan fingerprint density at radius 2 is 0.643 bits per heavy atom. The third kappa shape index (κ3) is 6.46. The molecule has 0 spiro atoms. The van der Waals surface area contributed by atoms with Gasteiger partial charge in [-0.25, -0.2) is 4.98 Å². The van der Waals surface area contributed by atoms with Crippen molar-refractivity contribution in [3.63, 3.8) is 0 Å². The summed E-state index contributed by atoms with van der Waals surface area (Å²) in [6.45, 7) is 0. The van der Waals surface area contributed by atoms with E-state index in [1.165, 1.54) is 66.2 Å². The van der Waals surface area contributed by atoms with Crippen LogP contribution >= 0.6 is 0 Å². The molecular formula is C55H37N. The zero-order chi connectivity index (χ0) is 37.3. The zero-order valence-electron chi connectivity index (χ0n) is 30.8. The Morgan fingerprint density at radius 3 is 1.25 bits per heavy atom. The summed E-state index contributed by atoms with van der Waals surface area (Å²) >= 11 is 0. The summed E-state index contributed by atoms with van der Waals surface area (Å²) in [7, 11) is 0. The fourth-order valence-electron chi connectivity index (χ4n) is 7.98. The molecule has 1 heteroatoms. The van der Waals surface area contributed by atoms with E-state index in [1.54, 1.807) is 0 Å². The minimum Gasteiger partial charge on any atom is -0.247 e. The van der Waals surface area contributed by atoms with Crippen LogP contribution in [0.15, 0.2) is 224 Å². The van der Waals surface area contributed by atoms with E-state index in [0.29, 0.717) is 0 Å². The van der Waals surface area contributed by atoms with Gasteiger partial charge in [0.25, 0.3) is 0 Å². The lowest BCUT2D eigenvalue weighted by molar-refractivity contribution is 1.35. The molecule has 9 aromatic carbocycles. The van der Waals surface area contributed by atoms with Gasteiger partial charge < -0.3 is 0 Å². The molecule has 56 heavy (non-hydrogen) atoms. The van der Waals surface area contributed by atoms with Gasteiger partial charge in [0.15, 0.2) is 0 Å². The fraction of sp³-hybridized carbons (Fsp3) is 0. The molecule has 1 heterocycles. The number of hydrogen-bond acceptors (Lipinski definition) is 1. The molecule has 0 unspecified atom stereocenters. The van der Waals surface area contributed by atoms with Crippen LogP contribution < -0.4 is 0 Å². The second-order valence-electron chi connectivity index (χ2n) is 14.4. The normalized spacial score (nSPS) is 11.2. The van der Waals surface area contributed by atoms with Crippen molar-refractivity contribution in [3.05, 3.63) is 224 Å². The van der Waals surface area contributed by atoms with Gasteiger partial charge in [-0.1, -0.05) is 194 Å². The van der Waals surface area contributed by atoms with Gasteiger partial charge in [-0.15, -0.1) is 0 Å². The average molecular weight is 712 g/mol. The molecule has 0 aliphatic carbocycles. The quantitative estimate of drug-likeness (QED) is 0.160. The second-order valence-corrected chi connectivity index (χ2v) is 14.4. The smallest absolute Gasteiger partial charge is 0.0787 e. The van der Waals surface area contributed by atoms with Crippen molar-refractivity contribution in [1.82, 2.24) is 4.98 Å². The number of pyridine rings is 1. The summed E-state index contributed by atoms with van der Waals surface area (Å²) in [5, 5.41) is 4.83. The molecule has 10 rings (SSSR count). The summed E-state index contributed by atoms with van der Waals surface area (Å²) in [6.07, 6.45) is 0. The van der Waals surface area contributed by atoms with Crippen molar-refractivity contribution in [2.24, 2.45) is 0 Å². The Bertz CT molecular complexity index is 3010. The van der Waals surface area contributed by atoms with Gasteiger partial charge in [-0.05, 0) is 102 Å². The first-order chi connectivity index (χ1) is 27.7. The first-order valence-electron chi connectivity index (χ1n) is 19.2. The van der Waals surface area contributed by atoms with Crippen LogP contribution in [0.2, 0.25) is 0 Å². The van der Waals surface area contributed by atoms with Gasteiger partial charge in [0.2, 0.25) is 0 Å². The standard InChI is InChI=1S/C55H37N/c1-2-13-38(14-3-1)42-18-8-19-43(33-42)44-20-9-21-45(34-44)46-22-10-23-47(35-46)48-24-11-25-50(36-48)54-37-49-16-5-7-27-53(49)55(56-54)41-31-29-40(30-32-41)52-28-12-17-39-15-4-6-26-51(39)52/h1-37H.